The summed E-state index contributed by atoms with van der Waals surface area (Å²) in [5, 5.41) is 0. The topological polar surface area (TPSA) is 109 Å². The van der Waals surface area contributed by atoms with Crippen molar-refractivity contribution in [2.75, 3.05) is 12.9 Å². The van der Waals surface area contributed by atoms with Crippen LogP contribution in [0.4, 0.5) is 0 Å². The quantitative estimate of drug-likeness (QED) is 0.898. The summed E-state index contributed by atoms with van der Waals surface area (Å²) in [7, 11) is -3.38. The lowest BCUT2D eigenvalue weighted by Crippen LogP contribution is -2.25. The van der Waals surface area contributed by atoms with Gasteiger partial charge in [-0.2, -0.15) is 0 Å². The number of primary amides is 1. The van der Waals surface area contributed by atoms with Crippen molar-refractivity contribution in [2.24, 2.45) is 5.73 Å². The van der Waals surface area contributed by atoms with Gasteiger partial charge in [-0.25, -0.2) is 8.42 Å². The summed E-state index contributed by atoms with van der Waals surface area (Å²) in [6.07, 6.45) is 1.90. The number of fused-ring (bicyclic) bond motifs is 1. The van der Waals surface area contributed by atoms with Crippen LogP contribution in [-0.2, 0) is 9.84 Å². The molecule has 126 valence electrons. The van der Waals surface area contributed by atoms with Crippen LogP contribution in [0.15, 0.2) is 35.4 Å². The summed E-state index contributed by atoms with van der Waals surface area (Å²) in [5.41, 5.74) is 6.83. The highest BCUT2D eigenvalue weighted by Crippen LogP contribution is 2.39. The van der Waals surface area contributed by atoms with E-state index in [2.05, 4.69) is 4.98 Å². The van der Waals surface area contributed by atoms with Crippen molar-refractivity contribution >= 4 is 15.7 Å². The molecule has 1 aromatic carbocycles. The molecule has 0 saturated carbocycles. The predicted molar refractivity (Wildman–Crippen MR) is 85.9 cm³/mol. The highest BCUT2D eigenvalue weighted by molar-refractivity contribution is 7.90. The highest BCUT2D eigenvalue weighted by atomic mass is 32.2. The maximum Gasteiger partial charge on any atom is 0.252 e. The third-order valence-electron chi connectivity index (χ3n) is 3.77. The second-order valence-corrected chi connectivity index (χ2v) is 7.55. The van der Waals surface area contributed by atoms with Crippen molar-refractivity contribution in [3.8, 4) is 11.5 Å². The van der Waals surface area contributed by atoms with E-state index in [4.69, 9.17) is 15.2 Å². The Labute approximate surface area is 139 Å². The summed E-state index contributed by atoms with van der Waals surface area (Å²) in [6, 6.07) is 6.40. The first kappa shape index (κ1) is 16.3. The van der Waals surface area contributed by atoms with E-state index in [-0.39, 0.29) is 17.1 Å². The van der Waals surface area contributed by atoms with Crippen molar-refractivity contribution in [2.45, 2.75) is 17.9 Å². The number of nitrogens with zero attached hydrogens (tertiary/aromatic N) is 1. The SMILES string of the molecule is Cc1ncc(S(C)(=O)=O)cc1C1COc2c(cccc2C(N)=O)O1. The number of amides is 1. The molecule has 0 bridgehead atoms. The average Bonchev–Trinajstić information content (AvgIpc) is 2.53. The maximum absolute atomic E-state index is 11.7. The van der Waals surface area contributed by atoms with Crippen LogP contribution in [0.25, 0.3) is 0 Å². The number of aryl methyl sites for hydroxylation is 1. The standard InChI is InChI=1S/C16H16N2O5S/c1-9-12(6-10(7-18-9)24(2,20)21)14-8-22-15-11(16(17)19)4-3-5-13(15)23-14/h3-7,14H,8H2,1-2H3,(H2,17,19). The number of hydrogen-bond acceptors (Lipinski definition) is 6. The molecule has 3 rings (SSSR count). The fourth-order valence-corrected chi connectivity index (χ4v) is 3.10. The fraction of sp³-hybridized carbons (Fsp3) is 0.250. The van der Waals surface area contributed by atoms with Crippen LogP contribution in [0, 0.1) is 6.92 Å². The molecule has 2 N–H and O–H groups in total. The van der Waals surface area contributed by atoms with Gasteiger partial charge in [-0.05, 0) is 25.1 Å². The molecule has 1 aliphatic heterocycles. The number of carbonyl (C=O) groups is 1. The van der Waals surface area contributed by atoms with Gasteiger partial charge in [-0.3, -0.25) is 9.78 Å². The van der Waals surface area contributed by atoms with Gasteiger partial charge in [0.05, 0.1) is 10.5 Å². The smallest absolute Gasteiger partial charge is 0.252 e. The number of sulfone groups is 1. The number of pyridine rings is 1. The number of para-hydroxylation sites is 1. The Balaban J connectivity index is 2.00. The van der Waals surface area contributed by atoms with Gasteiger partial charge in [0, 0.05) is 23.7 Å². The molecule has 1 atom stereocenters. The predicted octanol–water partition coefficient (Wildman–Crippen LogP) is 1.40. The lowest BCUT2D eigenvalue weighted by molar-refractivity contribution is 0.0856. The maximum atomic E-state index is 11.7. The Kier molecular flexibility index (Phi) is 3.92. The van der Waals surface area contributed by atoms with E-state index in [1.165, 1.54) is 12.3 Å². The molecule has 8 heteroatoms. The highest BCUT2D eigenvalue weighted by Gasteiger charge is 2.28. The number of aromatic nitrogens is 1. The van der Waals surface area contributed by atoms with Gasteiger partial charge in [-0.1, -0.05) is 6.07 Å². The van der Waals surface area contributed by atoms with Gasteiger partial charge < -0.3 is 15.2 Å². The van der Waals surface area contributed by atoms with E-state index in [0.29, 0.717) is 22.8 Å². The molecule has 1 aliphatic rings. The van der Waals surface area contributed by atoms with Crippen LogP contribution in [0.2, 0.25) is 0 Å². The van der Waals surface area contributed by atoms with Crippen LogP contribution >= 0.6 is 0 Å². The minimum absolute atomic E-state index is 0.114. The zero-order valence-corrected chi connectivity index (χ0v) is 14.0. The zero-order chi connectivity index (χ0) is 17.5. The molecule has 0 fully saturated rings. The Hall–Kier alpha value is -2.61. The van der Waals surface area contributed by atoms with E-state index in [0.717, 1.165) is 6.26 Å². The number of benzene rings is 1. The Bertz CT molecular complexity index is 924. The lowest BCUT2D eigenvalue weighted by Gasteiger charge is -2.28. The Morgan fingerprint density at radius 3 is 2.79 bits per heavy atom. The summed E-state index contributed by atoms with van der Waals surface area (Å²) in [5.74, 6) is 0.0728. The van der Waals surface area contributed by atoms with E-state index in [1.54, 1.807) is 25.1 Å². The molecule has 7 nitrogen and oxygen atoms in total. The molecule has 0 saturated heterocycles. The Morgan fingerprint density at radius 1 is 1.38 bits per heavy atom. The van der Waals surface area contributed by atoms with Crippen LogP contribution in [0.3, 0.4) is 0 Å². The summed E-state index contributed by atoms with van der Waals surface area (Å²) in [6.45, 7) is 1.88. The van der Waals surface area contributed by atoms with Crippen molar-refractivity contribution in [1.29, 1.82) is 0 Å². The number of rotatable bonds is 3. The van der Waals surface area contributed by atoms with Crippen molar-refractivity contribution in [1.82, 2.24) is 4.98 Å². The minimum Gasteiger partial charge on any atom is -0.485 e. The number of ether oxygens (including phenoxy) is 2. The monoisotopic (exact) mass is 348 g/mol. The van der Waals surface area contributed by atoms with Crippen molar-refractivity contribution in [3.63, 3.8) is 0 Å². The Morgan fingerprint density at radius 2 is 2.12 bits per heavy atom. The molecule has 2 heterocycles. The first-order valence-corrected chi connectivity index (χ1v) is 9.05. The van der Waals surface area contributed by atoms with Crippen LogP contribution in [0.1, 0.15) is 27.7 Å². The second kappa shape index (κ2) is 5.79. The second-order valence-electron chi connectivity index (χ2n) is 5.53. The molecule has 0 radical (unpaired) electrons. The van der Waals surface area contributed by atoms with Gasteiger partial charge in [0.15, 0.2) is 27.4 Å². The largest absolute Gasteiger partial charge is 0.485 e. The number of nitrogens with two attached hydrogens (primary N) is 1. The fourth-order valence-electron chi connectivity index (χ4n) is 2.51. The van der Waals surface area contributed by atoms with Crippen LogP contribution < -0.4 is 15.2 Å². The third kappa shape index (κ3) is 2.92. The van der Waals surface area contributed by atoms with Gasteiger partial charge in [0.1, 0.15) is 6.61 Å². The summed E-state index contributed by atoms with van der Waals surface area (Å²) in [4.78, 5) is 15.7. The first-order valence-electron chi connectivity index (χ1n) is 7.16. The molecule has 2 aromatic rings. The number of carbonyl (C=O) groups excluding carboxylic acids is 1. The molecular weight excluding hydrogens is 332 g/mol. The zero-order valence-electron chi connectivity index (χ0n) is 13.1. The molecule has 0 spiro atoms. The van der Waals surface area contributed by atoms with E-state index < -0.39 is 21.8 Å². The van der Waals surface area contributed by atoms with Crippen LogP contribution in [0.5, 0.6) is 11.5 Å². The number of hydrogen-bond donors (Lipinski definition) is 1. The summed E-state index contributed by atoms with van der Waals surface area (Å²) < 4.78 is 35.0. The van der Waals surface area contributed by atoms with Crippen molar-refractivity contribution < 1.29 is 22.7 Å². The molecule has 1 unspecified atom stereocenters. The molecule has 0 aliphatic carbocycles. The van der Waals surface area contributed by atoms with Gasteiger partial charge in [0.25, 0.3) is 5.91 Å². The minimum atomic E-state index is -3.38. The lowest BCUT2D eigenvalue weighted by atomic mass is 10.1. The molecule has 1 amide bonds. The van der Waals surface area contributed by atoms with Gasteiger partial charge in [0.2, 0.25) is 0 Å². The van der Waals surface area contributed by atoms with E-state index >= 15 is 0 Å². The van der Waals surface area contributed by atoms with E-state index in [9.17, 15) is 13.2 Å². The molecule has 1 aromatic heterocycles. The van der Waals surface area contributed by atoms with Crippen LogP contribution in [-0.4, -0.2) is 32.2 Å². The molecule has 24 heavy (non-hydrogen) atoms. The third-order valence-corrected chi connectivity index (χ3v) is 4.85. The van der Waals surface area contributed by atoms with E-state index in [1.807, 2.05) is 0 Å². The van der Waals surface area contributed by atoms with Gasteiger partial charge in [-0.15, -0.1) is 0 Å². The first-order chi connectivity index (χ1) is 11.3. The van der Waals surface area contributed by atoms with Crippen molar-refractivity contribution in [3.05, 3.63) is 47.3 Å². The van der Waals surface area contributed by atoms with Gasteiger partial charge >= 0.3 is 0 Å². The summed E-state index contributed by atoms with van der Waals surface area (Å²) >= 11 is 0. The normalized spacial score (nSPS) is 16.7. The molecular formula is C16H16N2O5S. The average molecular weight is 348 g/mol.